The Morgan fingerprint density at radius 2 is 2.00 bits per heavy atom. The maximum Gasteiger partial charge on any atom is 0.508 e. The Kier molecular flexibility index (Phi) is 4.15. The van der Waals surface area contributed by atoms with Crippen molar-refractivity contribution in [1.29, 1.82) is 0 Å². The number of carbonyl (C=O) groups is 2. The van der Waals surface area contributed by atoms with Crippen LogP contribution in [0.25, 0.3) is 0 Å². The molecular weight excluding hydrogens is 200 g/mol. The van der Waals surface area contributed by atoms with Crippen LogP contribution in [0.2, 0.25) is 0 Å². The fourth-order valence-electron chi connectivity index (χ4n) is 1.47. The van der Waals surface area contributed by atoms with Crippen molar-refractivity contribution in [1.82, 2.24) is 0 Å². The molecule has 0 aliphatic heterocycles. The van der Waals surface area contributed by atoms with Crippen molar-refractivity contribution >= 4 is 12.1 Å². The lowest BCUT2D eigenvalue weighted by atomic mass is 9.93. The molecule has 0 fully saturated rings. The first-order valence-corrected chi connectivity index (χ1v) is 4.66. The SMILES string of the molecule is COC(=O)O[C@@H]1C=CC[C@H](C(=O)OC)C1. The maximum absolute atomic E-state index is 11.2. The van der Waals surface area contributed by atoms with Gasteiger partial charge in [0.1, 0.15) is 6.10 Å². The average Bonchev–Trinajstić information content (AvgIpc) is 2.28. The predicted molar refractivity (Wildman–Crippen MR) is 51.2 cm³/mol. The molecular formula is C10H14O5. The van der Waals surface area contributed by atoms with Gasteiger partial charge < -0.3 is 14.2 Å². The standard InChI is InChI=1S/C10H14O5/c1-13-9(11)7-4-3-5-8(6-7)15-10(12)14-2/h3,5,7-8H,4,6H2,1-2H3/t7-,8+/m0/s1. The highest BCUT2D eigenvalue weighted by molar-refractivity contribution is 5.73. The van der Waals surface area contributed by atoms with E-state index in [2.05, 4.69) is 9.47 Å². The van der Waals surface area contributed by atoms with Crippen molar-refractivity contribution < 1.29 is 23.8 Å². The van der Waals surface area contributed by atoms with Crippen molar-refractivity contribution in [2.24, 2.45) is 5.92 Å². The minimum atomic E-state index is -0.741. The second kappa shape index (κ2) is 5.38. The van der Waals surface area contributed by atoms with E-state index in [0.717, 1.165) is 0 Å². The van der Waals surface area contributed by atoms with Gasteiger partial charge >= 0.3 is 12.1 Å². The van der Waals surface area contributed by atoms with Crippen molar-refractivity contribution in [3.8, 4) is 0 Å². The zero-order chi connectivity index (χ0) is 11.3. The quantitative estimate of drug-likeness (QED) is 0.511. The highest BCUT2D eigenvalue weighted by Crippen LogP contribution is 2.22. The third-order valence-electron chi connectivity index (χ3n) is 2.24. The number of ether oxygens (including phenoxy) is 3. The van der Waals surface area contributed by atoms with E-state index >= 15 is 0 Å². The zero-order valence-electron chi connectivity index (χ0n) is 8.76. The molecule has 5 nitrogen and oxygen atoms in total. The van der Waals surface area contributed by atoms with Gasteiger partial charge in [-0.25, -0.2) is 4.79 Å². The molecule has 1 aliphatic carbocycles. The molecule has 84 valence electrons. The Bertz CT molecular complexity index is 271. The molecule has 0 aromatic heterocycles. The van der Waals surface area contributed by atoms with Gasteiger partial charge in [0.15, 0.2) is 0 Å². The molecule has 1 rings (SSSR count). The third-order valence-corrected chi connectivity index (χ3v) is 2.24. The van der Waals surface area contributed by atoms with Crippen LogP contribution in [-0.4, -0.2) is 32.4 Å². The molecule has 1 aliphatic rings. The molecule has 0 aromatic rings. The molecule has 0 heterocycles. The highest BCUT2D eigenvalue weighted by atomic mass is 16.7. The smallest absolute Gasteiger partial charge is 0.469 e. The van der Waals surface area contributed by atoms with Gasteiger partial charge in [-0.2, -0.15) is 0 Å². The molecule has 0 saturated carbocycles. The lowest BCUT2D eigenvalue weighted by molar-refractivity contribution is -0.146. The number of allylic oxidation sites excluding steroid dienone is 1. The highest BCUT2D eigenvalue weighted by Gasteiger charge is 2.26. The van der Waals surface area contributed by atoms with Crippen LogP contribution in [-0.2, 0) is 19.0 Å². The van der Waals surface area contributed by atoms with Crippen LogP contribution >= 0.6 is 0 Å². The first-order valence-electron chi connectivity index (χ1n) is 4.66. The average molecular weight is 214 g/mol. The normalized spacial score (nSPS) is 24.4. The topological polar surface area (TPSA) is 61.8 Å². The Morgan fingerprint density at radius 1 is 1.27 bits per heavy atom. The number of hydrogen-bond donors (Lipinski definition) is 0. The Hall–Kier alpha value is -1.52. The molecule has 0 unspecified atom stereocenters. The van der Waals surface area contributed by atoms with Gasteiger partial charge in [0, 0.05) is 6.42 Å². The molecule has 0 spiro atoms. The largest absolute Gasteiger partial charge is 0.508 e. The minimum Gasteiger partial charge on any atom is -0.469 e. The van der Waals surface area contributed by atoms with E-state index in [1.165, 1.54) is 14.2 Å². The van der Waals surface area contributed by atoms with Crippen molar-refractivity contribution in [2.45, 2.75) is 18.9 Å². The molecule has 0 saturated heterocycles. The summed E-state index contributed by atoms with van der Waals surface area (Å²) in [5, 5.41) is 0. The lowest BCUT2D eigenvalue weighted by Gasteiger charge is -2.22. The van der Waals surface area contributed by atoms with Gasteiger partial charge in [-0.1, -0.05) is 6.08 Å². The molecule has 0 aromatic carbocycles. The van der Waals surface area contributed by atoms with E-state index < -0.39 is 12.3 Å². The number of rotatable bonds is 2. The van der Waals surface area contributed by atoms with E-state index in [9.17, 15) is 9.59 Å². The maximum atomic E-state index is 11.2. The number of hydrogen-bond acceptors (Lipinski definition) is 5. The summed E-state index contributed by atoms with van der Waals surface area (Å²) in [5.74, 6) is -0.521. The molecule has 0 N–H and O–H groups in total. The van der Waals surface area contributed by atoms with Crippen LogP contribution < -0.4 is 0 Å². The van der Waals surface area contributed by atoms with E-state index in [4.69, 9.17) is 4.74 Å². The summed E-state index contributed by atoms with van der Waals surface area (Å²) >= 11 is 0. The molecule has 5 heteroatoms. The molecule has 15 heavy (non-hydrogen) atoms. The summed E-state index contributed by atoms with van der Waals surface area (Å²) in [6.45, 7) is 0. The molecule has 0 radical (unpaired) electrons. The van der Waals surface area contributed by atoms with E-state index in [-0.39, 0.29) is 11.9 Å². The van der Waals surface area contributed by atoms with Crippen LogP contribution in [0.3, 0.4) is 0 Å². The Balaban J connectivity index is 2.49. The summed E-state index contributed by atoms with van der Waals surface area (Å²) in [5.41, 5.74) is 0. The van der Waals surface area contributed by atoms with Gasteiger partial charge in [0.05, 0.1) is 20.1 Å². The van der Waals surface area contributed by atoms with Crippen molar-refractivity contribution in [3.63, 3.8) is 0 Å². The van der Waals surface area contributed by atoms with Crippen LogP contribution in [0.4, 0.5) is 4.79 Å². The lowest BCUT2D eigenvalue weighted by Crippen LogP contribution is -2.27. The minimum absolute atomic E-state index is 0.241. The van der Waals surface area contributed by atoms with Gasteiger partial charge in [-0.3, -0.25) is 4.79 Å². The van der Waals surface area contributed by atoms with Gasteiger partial charge in [0.25, 0.3) is 0 Å². The van der Waals surface area contributed by atoms with E-state index in [1.54, 1.807) is 12.2 Å². The Labute approximate surface area is 88.0 Å². The summed E-state index contributed by atoms with van der Waals surface area (Å²) in [6.07, 6.45) is 3.46. The summed E-state index contributed by atoms with van der Waals surface area (Å²) in [6, 6.07) is 0. The van der Waals surface area contributed by atoms with Crippen molar-refractivity contribution in [3.05, 3.63) is 12.2 Å². The Morgan fingerprint density at radius 3 is 2.60 bits per heavy atom. The second-order valence-electron chi connectivity index (χ2n) is 3.23. The van der Waals surface area contributed by atoms with Gasteiger partial charge in [0.2, 0.25) is 0 Å². The predicted octanol–water partition coefficient (Wildman–Crippen LogP) is 1.28. The summed E-state index contributed by atoms with van der Waals surface area (Å²) in [7, 11) is 2.59. The second-order valence-corrected chi connectivity index (χ2v) is 3.23. The summed E-state index contributed by atoms with van der Waals surface area (Å²) < 4.78 is 13.9. The molecule has 2 atom stereocenters. The fourth-order valence-corrected chi connectivity index (χ4v) is 1.47. The van der Waals surface area contributed by atoms with Crippen molar-refractivity contribution in [2.75, 3.05) is 14.2 Å². The summed E-state index contributed by atoms with van der Waals surface area (Å²) in [4.78, 5) is 22.1. The zero-order valence-corrected chi connectivity index (χ0v) is 8.76. The van der Waals surface area contributed by atoms with Crippen LogP contribution in [0.15, 0.2) is 12.2 Å². The van der Waals surface area contributed by atoms with E-state index in [0.29, 0.717) is 12.8 Å². The van der Waals surface area contributed by atoms with Gasteiger partial charge in [-0.05, 0) is 12.5 Å². The van der Waals surface area contributed by atoms with Crippen LogP contribution in [0.1, 0.15) is 12.8 Å². The fraction of sp³-hybridized carbons (Fsp3) is 0.600. The molecule has 0 bridgehead atoms. The van der Waals surface area contributed by atoms with Crippen LogP contribution in [0, 0.1) is 5.92 Å². The first-order chi connectivity index (χ1) is 7.17. The number of methoxy groups -OCH3 is 2. The number of esters is 1. The number of carbonyl (C=O) groups excluding carboxylic acids is 2. The monoisotopic (exact) mass is 214 g/mol. The third kappa shape index (κ3) is 3.27. The van der Waals surface area contributed by atoms with Crippen LogP contribution in [0.5, 0.6) is 0 Å². The van der Waals surface area contributed by atoms with Gasteiger partial charge in [-0.15, -0.1) is 0 Å². The first kappa shape index (κ1) is 11.6. The molecule has 0 amide bonds. The van der Waals surface area contributed by atoms with E-state index in [1.807, 2.05) is 0 Å².